The Morgan fingerprint density at radius 2 is 1.60 bits per heavy atom. The Morgan fingerprint density at radius 1 is 0.960 bits per heavy atom. The molecule has 6 heteroatoms. The van der Waals surface area contributed by atoms with E-state index in [1.165, 1.54) is 25.7 Å². The summed E-state index contributed by atoms with van der Waals surface area (Å²) in [6.45, 7) is 3.37. The van der Waals surface area contributed by atoms with Gasteiger partial charge in [0.15, 0.2) is 0 Å². The molecule has 2 aliphatic heterocycles. The average Bonchev–Trinajstić information content (AvgIpc) is 3.03. The first-order valence-corrected chi connectivity index (χ1v) is 9.37. The number of amides is 2. The number of rotatable bonds is 5. The van der Waals surface area contributed by atoms with Gasteiger partial charge in [0, 0.05) is 11.4 Å². The van der Waals surface area contributed by atoms with Crippen LogP contribution in [-0.2, 0) is 9.59 Å². The van der Waals surface area contributed by atoms with Gasteiger partial charge in [0.1, 0.15) is 0 Å². The number of carbonyl (C=O) groups is 2. The number of anilines is 2. The SMILES string of the molecule is O=C(CN1CCCCCC1)Nc1ccc(NC(=O)C2CCCN2)cc1. The van der Waals surface area contributed by atoms with Gasteiger partial charge in [-0.05, 0) is 69.6 Å². The van der Waals surface area contributed by atoms with Crippen molar-refractivity contribution in [2.24, 2.45) is 0 Å². The lowest BCUT2D eigenvalue weighted by Gasteiger charge is -2.19. The summed E-state index contributed by atoms with van der Waals surface area (Å²) in [6, 6.07) is 7.23. The monoisotopic (exact) mass is 344 g/mol. The molecule has 136 valence electrons. The minimum atomic E-state index is -0.0898. The van der Waals surface area contributed by atoms with Crippen molar-refractivity contribution in [1.29, 1.82) is 0 Å². The van der Waals surface area contributed by atoms with Crippen LogP contribution in [0.2, 0.25) is 0 Å². The summed E-state index contributed by atoms with van der Waals surface area (Å²) < 4.78 is 0. The highest BCUT2D eigenvalue weighted by Gasteiger charge is 2.21. The first kappa shape index (κ1) is 17.9. The predicted molar refractivity (Wildman–Crippen MR) is 99.6 cm³/mol. The van der Waals surface area contributed by atoms with Crippen LogP contribution in [0.15, 0.2) is 24.3 Å². The van der Waals surface area contributed by atoms with Gasteiger partial charge in [-0.25, -0.2) is 0 Å². The molecule has 2 saturated heterocycles. The lowest BCUT2D eigenvalue weighted by Crippen LogP contribution is -2.35. The van der Waals surface area contributed by atoms with Gasteiger partial charge < -0.3 is 16.0 Å². The van der Waals surface area contributed by atoms with E-state index in [-0.39, 0.29) is 17.9 Å². The molecule has 0 bridgehead atoms. The van der Waals surface area contributed by atoms with Crippen molar-refractivity contribution in [2.45, 2.75) is 44.6 Å². The van der Waals surface area contributed by atoms with Crippen LogP contribution in [0.1, 0.15) is 38.5 Å². The lowest BCUT2D eigenvalue weighted by atomic mass is 10.2. The summed E-state index contributed by atoms with van der Waals surface area (Å²) in [5, 5.41) is 9.04. The number of nitrogens with one attached hydrogen (secondary N) is 3. The minimum absolute atomic E-state index is 0.00968. The molecule has 3 N–H and O–H groups in total. The molecule has 6 nitrogen and oxygen atoms in total. The summed E-state index contributed by atoms with van der Waals surface area (Å²) >= 11 is 0. The zero-order valence-corrected chi connectivity index (χ0v) is 14.7. The van der Waals surface area contributed by atoms with Crippen LogP contribution >= 0.6 is 0 Å². The fourth-order valence-corrected chi connectivity index (χ4v) is 3.47. The molecular formula is C19H28N4O2. The van der Waals surface area contributed by atoms with E-state index >= 15 is 0 Å². The van der Waals surface area contributed by atoms with Crippen LogP contribution in [0.4, 0.5) is 11.4 Å². The van der Waals surface area contributed by atoms with Crippen LogP contribution < -0.4 is 16.0 Å². The molecule has 1 unspecified atom stereocenters. The van der Waals surface area contributed by atoms with Crippen molar-refractivity contribution < 1.29 is 9.59 Å². The van der Waals surface area contributed by atoms with E-state index in [4.69, 9.17) is 0 Å². The number of nitrogens with zero attached hydrogens (tertiary/aromatic N) is 1. The standard InChI is InChI=1S/C19H28N4O2/c24-18(14-23-12-3-1-2-4-13-23)21-15-7-9-16(10-8-15)22-19(25)17-6-5-11-20-17/h7-10,17,20H,1-6,11-14H2,(H,21,24)(H,22,25). The van der Waals surface area contributed by atoms with Gasteiger partial charge >= 0.3 is 0 Å². The van der Waals surface area contributed by atoms with Crippen LogP contribution in [0, 0.1) is 0 Å². The molecule has 25 heavy (non-hydrogen) atoms. The third-order valence-electron chi connectivity index (χ3n) is 4.88. The fourth-order valence-electron chi connectivity index (χ4n) is 3.47. The van der Waals surface area contributed by atoms with Crippen molar-refractivity contribution in [3.63, 3.8) is 0 Å². The summed E-state index contributed by atoms with van der Waals surface area (Å²) in [6.07, 6.45) is 6.81. The summed E-state index contributed by atoms with van der Waals surface area (Å²) in [7, 11) is 0. The molecule has 2 fully saturated rings. The third kappa shape index (κ3) is 5.54. The Bertz CT molecular complexity index is 574. The largest absolute Gasteiger partial charge is 0.325 e. The molecule has 0 radical (unpaired) electrons. The molecule has 2 heterocycles. The van der Waals surface area contributed by atoms with Gasteiger partial charge in [-0.2, -0.15) is 0 Å². The molecule has 0 aliphatic carbocycles. The number of hydrogen-bond donors (Lipinski definition) is 3. The molecule has 1 aromatic rings. The van der Waals surface area contributed by atoms with E-state index in [2.05, 4.69) is 20.9 Å². The van der Waals surface area contributed by atoms with E-state index in [0.29, 0.717) is 6.54 Å². The van der Waals surface area contributed by atoms with E-state index in [9.17, 15) is 9.59 Å². The van der Waals surface area contributed by atoms with Gasteiger partial charge in [0.2, 0.25) is 11.8 Å². The number of carbonyl (C=O) groups excluding carboxylic acids is 2. The normalized spacial score (nSPS) is 21.5. The quantitative estimate of drug-likeness (QED) is 0.766. The second kappa shape index (κ2) is 8.97. The third-order valence-corrected chi connectivity index (χ3v) is 4.88. The maximum absolute atomic E-state index is 12.2. The van der Waals surface area contributed by atoms with Crippen LogP contribution in [0.25, 0.3) is 0 Å². The van der Waals surface area contributed by atoms with Crippen molar-refractivity contribution in [1.82, 2.24) is 10.2 Å². The van der Waals surface area contributed by atoms with Crippen molar-refractivity contribution in [3.05, 3.63) is 24.3 Å². The van der Waals surface area contributed by atoms with Crippen LogP contribution in [0.5, 0.6) is 0 Å². The highest BCUT2D eigenvalue weighted by atomic mass is 16.2. The molecule has 0 saturated carbocycles. The van der Waals surface area contributed by atoms with Gasteiger partial charge in [0.05, 0.1) is 12.6 Å². The Kier molecular flexibility index (Phi) is 6.42. The zero-order chi connectivity index (χ0) is 17.5. The van der Waals surface area contributed by atoms with Crippen molar-refractivity contribution in [3.8, 4) is 0 Å². The molecule has 2 amide bonds. The summed E-state index contributed by atoms with van der Waals surface area (Å²) in [4.78, 5) is 26.5. The Hall–Kier alpha value is -1.92. The number of likely N-dealkylation sites (tertiary alicyclic amines) is 1. The Balaban J connectivity index is 1.46. The van der Waals surface area contributed by atoms with Gasteiger partial charge in [-0.1, -0.05) is 12.8 Å². The van der Waals surface area contributed by atoms with E-state index < -0.39 is 0 Å². The van der Waals surface area contributed by atoms with E-state index in [1.807, 2.05) is 24.3 Å². The summed E-state index contributed by atoms with van der Waals surface area (Å²) in [5.41, 5.74) is 1.51. The highest BCUT2D eigenvalue weighted by molar-refractivity contribution is 5.96. The second-order valence-electron chi connectivity index (χ2n) is 6.95. The first-order chi connectivity index (χ1) is 12.2. The maximum atomic E-state index is 12.2. The number of hydrogen-bond acceptors (Lipinski definition) is 4. The summed E-state index contributed by atoms with van der Waals surface area (Å²) in [5.74, 6) is 0.0318. The highest BCUT2D eigenvalue weighted by Crippen LogP contribution is 2.16. The topological polar surface area (TPSA) is 73.5 Å². The Labute approximate surface area is 149 Å². The smallest absolute Gasteiger partial charge is 0.241 e. The van der Waals surface area contributed by atoms with Crippen molar-refractivity contribution in [2.75, 3.05) is 36.8 Å². The predicted octanol–water partition coefficient (Wildman–Crippen LogP) is 2.19. The number of benzene rings is 1. The van der Waals surface area contributed by atoms with Gasteiger partial charge in [-0.3, -0.25) is 14.5 Å². The first-order valence-electron chi connectivity index (χ1n) is 9.37. The second-order valence-corrected chi connectivity index (χ2v) is 6.95. The van der Waals surface area contributed by atoms with Gasteiger partial charge in [-0.15, -0.1) is 0 Å². The van der Waals surface area contributed by atoms with E-state index in [0.717, 1.165) is 43.9 Å². The maximum Gasteiger partial charge on any atom is 0.241 e. The van der Waals surface area contributed by atoms with Crippen molar-refractivity contribution >= 4 is 23.2 Å². The lowest BCUT2D eigenvalue weighted by molar-refractivity contribution is -0.118. The molecule has 0 spiro atoms. The molecular weight excluding hydrogens is 316 g/mol. The van der Waals surface area contributed by atoms with Gasteiger partial charge in [0.25, 0.3) is 0 Å². The molecule has 1 atom stereocenters. The van der Waals surface area contributed by atoms with Crippen LogP contribution in [-0.4, -0.2) is 48.9 Å². The molecule has 1 aromatic carbocycles. The molecule has 2 aliphatic rings. The minimum Gasteiger partial charge on any atom is -0.325 e. The van der Waals surface area contributed by atoms with Crippen LogP contribution in [0.3, 0.4) is 0 Å². The molecule has 3 rings (SSSR count). The Morgan fingerprint density at radius 3 is 2.20 bits per heavy atom. The van der Waals surface area contributed by atoms with E-state index in [1.54, 1.807) is 0 Å². The zero-order valence-electron chi connectivity index (χ0n) is 14.7. The average molecular weight is 344 g/mol. The fraction of sp³-hybridized carbons (Fsp3) is 0.579. The molecule has 0 aromatic heterocycles.